The van der Waals surface area contributed by atoms with E-state index < -0.39 is 0 Å². The molecule has 1 aliphatic rings. The summed E-state index contributed by atoms with van der Waals surface area (Å²) in [4.78, 5) is 10.4. The van der Waals surface area contributed by atoms with E-state index in [9.17, 15) is 5.11 Å². The predicted molar refractivity (Wildman–Crippen MR) is 69.9 cm³/mol. The second-order valence-corrected chi connectivity index (χ2v) is 4.81. The van der Waals surface area contributed by atoms with Crippen LogP contribution in [0.15, 0.2) is 12.3 Å². The number of hydrogen-bond donors (Lipinski definition) is 2. The van der Waals surface area contributed by atoms with Crippen molar-refractivity contribution in [1.82, 2.24) is 9.97 Å². The summed E-state index contributed by atoms with van der Waals surface area (Å²) < 4.78 is 5.33. The van der Waals surface area contributed by atoms with Gasteiger partial charge in [0.1, 0.15) is 5.82 Å². The number of ether oxygens (including phenoxy) is 1. The number of nitrogens with zero attached hydrogens (tertiary/aromatic N) is 3. The lowest BCUT2D eigenvalue weighted by atomic mass is 9.91. The van der Waals surface area contributed by atoms with E-state index in [1.54, 1.807) is 6.20 Å². The molecule has 0 amide bonds. The molecule has 2 heterocycles. The van der Waals surface area contributed by atoms with Crippen LogP contribution in [-0.4, -0.2) is 54.5 Å². The molecular formula is C12H20N4O2. The maximum atomic E-state index is 9.61. The van der Waals surface area contributed by atoms with Crippen LogP contribution in [0.25, 0.3) is 0 Å². The highest BCUT2D eigenvalue weighted by Crippen LogP contribution is 2.25. The molecule has 0 radical (unpaired) electrons. The van der Waals surface area contributed by atoms with E-state index in [1.165, 1.54) is 0 Å². The van der Waals surface area contributed by atoms with Crippen molar-refractivity contribution in [3.63, 3.8) is 0 Å². The lowest BCUT2D eigenvalue weighted by molar-refractivity contribution is 0.0378. The maximum absolute atomic E-state index is 9.61. The van der Waals surface area contributed by atoms with Gasteiger partial charge in [-0.15, -0.1) is 0 Å². The Kier molecular flexibility index (Phi) is 3.98. The first-order valence-electron chi connectivity index (χ1n) is 6.12. The third-order valence-corrected chi connectivity index (χ3v) is 3.19. The minimum absolute atomic E-state index is 0.0810. The number of aliphatic hydroxyl groups is 1. The SMILES string of the molecule is CN(C)c1nccc(NC2(CO)CCOCC2)n1. The van der Waals surface area contributed by atoms with E-state index in [0.29, 0.717) is 19.2 Å². The van der Waals surface area contributed by atoms with E-state index in [4.69, 9.17) is 4.74 Å². The Bertz CT molecular complexity index is 391. The Morgan fingerprint density at radius 2 is 2.17 bits per heavy atom. The largest absolute Gasteiger partial charge is 0.394 e. The Balaban J connectivity index is 2.13. The molecule has 2 N–H and O–H groups in total. The predicted octanol–water partition coefficient (Wildman–Crippen LogP) is 0.496. The normalized spacial score (nSPS) is 18.4. The first kappa shape index (κ1) is 13.0. The van der Waals surface area contributed by atoms with Gasteiger partial charge in [-0.1, -0.05) is 0 Å². The van der Waals surface area contributed by atoms with Gasteiger partial charge in [0, 0.05) is 33.5 Å². The molecule has 18 heavy (non-hydrogen) atoms. The fourth-order valence-electron chi connectivity index (χ4n) is 1.99. The summed E-state index contributed by atoms with van der Waals surface area (Å²) in [5.74, 6) is 1.39. The first-order valence-corrected chi connectivity index (χ1v) is 6.12. The lowest BCUT2D eigenvalue weighted by Crippen LogP contribution is -2.47. The minimum atomic E-state index is -0.323. The summed E-state index contributed by atoms with van der Waals surface area (Å²) in [5, 5.41) is 12.9. The fraction of sp³-hybridized carbons (Fsp3) is 0.667. The average Bonchev–Trinajstić information content (AvgIpc) is 2.40. The number of hydrogen-bond acceptors (Lipinski definition) is 6. The first-order chi connectivity index (χ1) is 8.65. The van der Waals surface area contributed by atoms with Gasteiger partial charge >= 0.3 is 0 Å². The topological polar surface area (TPSA) is 70.5 Å². The number of aromatic nitrogens is 2. The van der Waals surface area contributed by atoms with Gasteiger partial charge < -0.3 is 20.1 Å². The summed E-state index contributed by atoms with van der Waals surface area (Å²) in [6.45, 7) is 1.41. The van der Waals surface area contributed by atoms with Gasteiger partial charge in [-0.25, -0.2) is 4.98 Å². The molecule has 0 bridgehead atoms. The van der Waals surface area contributed by atoms with Crippen molar-refractivity contribution < 1.29 is 9.84 Å². The highest BCUT2D eigenvalue weighted by atomic mass is 16.5. The van der Waals surface area contributed by atoms with E-state index >= 15 is 0 Å². The van der Waals surface area contributed by atoms with Crippen LogP contribution in [0, 0.1) is 0 Å². The molecule has 6 heteroatoms. The second-order valence-electron chi connectivity index (χ2n) is 4.81. The van der Waals surface area contributed by atoms with Crippen molar-refractivity contribution >= 4 is 11.8 Å². The molecule has 0 spiro atoms. The van der Waals surface area contributed by atoms with Gasteiger partial charge in [0.2, 0.25) is 5.95 Å². The number of rotatable bonds is 4. The molecule has 0 saturated carbocycles. The molecule has 1 aromatic rings. The smallest absolute Gasteiger partial charge is 0.226 e. The molecule has 2 rings (SSSR count). The quantitative estimate of drug-likeness (QED) is 0.813. The van der Waals surface area contributed by atoms with Crippen LogP contribution in [0.1, 0.15) is 12.8 Å². The number of anilines is 2. The monoisotopic (exact) mass is 252 g/mol. The highest BCUT2D eigenvalue weighted by Gasteiger charge is 2.32. The van der Waals surface area contributed by atoms with E-state index in [0.717, 1.165) is 18.7 Å². The van der Waals surface area contributed by atoms with E-state index in [-0.39, 0.29) is 12.1 Å². The molecule has 6 nitrogen and oxygen atoms in total. The van der Waals surface area contributed by atoms with Crippen LogP contribution in [0.4, 0.5) is 11.8 Å². The van der Waals surface area contributed by atoms with Crippen molar-refractivity contribution in [1.29, 1.82) is 0 Å². The fourth-order valence-corrected chi connectivity index (χ4v) is 1.99. The third kappa shape index (κ3) is 2.88. The summed E-state index contributed by atoms with van der Waals surface area (Å²) in [5.41, 5.74) is -0.323. The van der Waals surface area contributed by atoms with Crippen LogP contribution in [0.2, 0.25) is 0 Å². The molecule has 0 atom stereocenters. The van der Waals surface area contributed by atoms with Crippen LogP contribution < -0.4 is 10.2 Å². The zero-order valence-electron chi connectivity index (χ0n) is 10.9. The van der Waals surface area contributed by atoms with Crippen LogP contribution in [0.3, 0.4) is 0 Å². The zero-order valence-corrected chi connectivity index (χ0v) is 10.9. The molecule has 1 saturated heterocycles. The van der Waals surface area contributed by atoms with Crippen molar-refractivity contribution in [3.8, 4) is 0 Å². The highest BCUT2D eigenvalue weighted by molar-refractivity contribution is 5.42. The average molecular weight is 252 g/mol. The lowest BCUT2D eigenvalue weighted by Gasteiger charge is -2.36. The molecule has 1 aliphatic heterocycles. The van der Waals surface area contributed by atoms with Gasteiger partial charge in [-0.3, -0.25) is 0 Å². The molecule has 100 valence electrons. The standard InChI is InChI=1S/C12H20N4O2/c1-16(2)11-13-6-3-10(14-11)15-12(9-17)4-7-18-8-5-12/h3,6,17H,4-5,7-9H2,1-2H3,(H,13,14,15). The second kappa shape index (κ2) is 5.49. The third-order valence-electron chi connectivity index (χ3n) is 3.19. The molecule has 1 aromatic heterocycles. The summed E-state index contributed by atoms with van der Waals surface area (Å²) in [7, 11) is 3.80. The molecule has 1 fully saturated rings. The van der Waals surface area contributed by atoms with Crippen LogP contribution in [-0.2, 0) is 4.74 Å². The molecular weight excluding hydrogens is 232 g/mol. The summed E-state index contributed by atoms with van der Waals surface area (Å²) in [6, 6.07) is 1.82. The van der Waals surface area contributed by atoms with E-state index in [1.807, 2.05) is 25.1 Å². The van der Waals surface area contributed by atoms with Crippen molar-refractivity contribution in [2.45, 2.75) is 18.4 Å². The molecule has 0 aliphatic carbocycles. The van der Waals surface area contributed by atoms with Crippen molar-refractivity contribution in [2.24, 2.45) is 0 Å². The Morgan fingerprint density at radius 1 is 1.44 bits per heavy atom. The Hall–Kier alpha value is -1.40. The van der Waals surface area contributed by atoms with E-state index in [2.05, 4.69) is 15.3 Å². The number of nitrogens with one attached hydrogen (secondary N) is 1. The summed E-state index contributed by atoms with van der Waals surface area (Å²) >= 11 is 0. The van der Waals surface area contributed by atoms with Crippen LogP contribution >= 0.6 is 0 Å². The minimum Gasteiger partial charge on any atom is -0.394 e. The van der Waals surface area contributed by atoms with Gasteiger partial charge in [-0.05, 0) is 18.9 Å². The van der Waals surface area contributed by atoms with Crippen molar-refractivity contribution in [2.75, 3.05) is 44.1 Å². The summed E-state index contributed by atoms with van der Waals surface area (Å²) in [6.07, 6.45) is 3.28. The van der Waals surface area contributed by atoms with Gasteiger partial charge in [-0.2, -0.15) is 4.98 Å². The van der Waals surface area contributed by atoms with Crippen molar-refractivity contribution in [3.05, 3.63) is 12.3 Å². The molecule has 0 aromatic carbocycles. The van der Waals surface area contributed by atoms with Crippen LogP contribution in [0.5, 0.6) is 0 Å². The zero-order chi connectivity index (χ0) is 13.0. The van der Waals surface area contributed by atoms with Gasteiger partial charge in [0.15, 0.2) is 0 Å². The maximum Gasteiger partial charge on any atom is 0.226 e. The Labute approximate surface area is 107 Å². The number of aliphatic hydroxyl groups excluding tert-OH is 1. The Morgan fingerprint density at radius 3 is 2.78 bits per heavy atom. The van der Waals surface area contributed by atoms with Gasteiger partial charge in [0.05, 0.1) is 12.1 Å². The molecule has 0 unspecified atom stereocenters. The van der Waals surface area contributed by atoms with Gasteiger partial charge in [0.25, 0.3) is 0 Å².